The van der Waals surface area contributed by atoms with Gasteiger partial charge in [0.1, 0.15) is 17.1 Å². The summed E-state index contributed by atoms with van der Waals surface area (Å²) >= 11 is 0. The van der Waals surface area contributed by atoms with Crippen LogP contribution in [0, 0.1) is 5.82 Å². The first-order chi connectivity index (χ1) is 13.4. The molecular weight excluding hydrogens is 392 g/mol. The molecule has 0 N–H and O–H groups in total. The van der Waals surface area contributed by atoms with E-state index >= 15 is 0 Å². The zero-order valence-electron chi connectivity index (χ0n) is 16.4. The number of carbonyl (C=O) groups is 1. The molecule has 0 atom stereocenters. The van der Waals surface area contributed by atoms with E-state index in [0.29, 0.717) is 24.2 Å². The standard InChI is InChI=1S/C19H22F4N4O2/c1-18(2,3)29-17(28)26-7-6-16-15(11-26)24-25-27(16)10-12-4-5-14(20)8-13(12)9-19(21,22)23/h4-5,8H,6-7,9-11H2,1-3H3. The second-order valence-electron chi connectivity index (χ2n) is 8.00. The third kappa shape index (κ3) is 5.45. The molecule has 1 aromatic carbocycles. The van der Waals surface area contributed by atoms with Gasteiger partial charge in [-0.3, -0.25) is 0 Å². The highest BCUT2D eigenvalue weighted by atomic mass is 19.4. The molecule has 0 aliphatic carbocycles. The van der Waals surface area contributed by atoms with Crippen LogP contribution in [0.3, 0.4) is 0 Å². The molecule has 1 aliphatic rings. The fourth-order valence-electron chi connectivity index (χ4n) is 3.17. The number of halogens is 4. The normalized spacial score (nSPS) is 14.7. The third-order valence-electron chi connectivity index (χ3n) is 4.41. The topological polar surface area (TPSA) is 60.2 Å². The van der Waals surface area contributed by atoms with Crippen molar-refractivity contribution in [2.45, 2.75) is 58.5 Å². The van der Waals surface area contributed by atoms with Gasteiger partial charge in [0.2, 0.25) is 0 Å². The molecule has 0 spiro atoms. The van der Waals surface area contributed by atoms with Crippen LogP contribution in [0.15, 0.2) is 18.2 Å². The Balaban J connectivity index is 1.77. The van der Waals surface area contributed by atoms with Crippen molar-refractivity contribution in [1.82, 2.24) is 19.9 Å². The SMILES string of the molecule is CC(C)(C)OC(=O)N1CCc2c(nnn2Cc2ccc(F)cc2CC(F)(F)F)C1. The summed E-state index contributed by atoms with van der Waals surface area (Å²) < 4.78 is 58.8. The summed E-state index contributed by atoms with van der Waals surface area (Å²) in [6.45, 7) is 5.96. The van der Waals surface area contributed by atoms with Gasteiger partial charge in [-0.25, -0.2) is 13.9 Å². The summed E-state index contributed by atoms with van der Waals surface area (Å²) in [6.07, 6.45) is -5.68. The number of aromatic nitrogens is 3. The molecule has 29 heavy (non-hydrogen) atoms. The highest BCUT2D eigenvalue weighted by molar-refractivity contribution is 5.68. The highest BCUT2D eigenvalue weighted by Crippen LogP contribution is 2.26. The van der Waals surface area contributed by atoms with Crippen LogP contribution in [0.4, 0.5) is 22.4 Å². The lowest BCUT2D eigenvalue weighted by molar-refractivity contribution is -0.127. The van der Waals surface area contributed by atoms with Gasteiger partial charge in [-0.2, -0.15) is 13.2 Å². The van der Waals surface area contributed by atoms with Gasteiger partial charge in [0, 0.05) is 13.0 Å². The van der Waals surface area contributed by atoms with Gasteiger partial charge in [-0.05, 0) is 44.0 Å². The molecule has 6 nitrogen and oxygen atoms in total. The Labute approximate surface area is 165 Å². The van der Waals surface area contributed by atoms with E-state index in [1.807, 2.05) is 0 Å². The molecule has 3 rings (SSSR count). The molecule has 0 saturated heterocycles. The molecule has 1 amide bonds. The average molecular weight is 414 g/mol. The number of carbonyl (C=O) groups excluding carboxylic acids is 1. The summed E-state index contributed by atoms with van der Waals surface area (Å²) in [7, 11) is 0. The number of hydrogen-bond donors (Lipinski definition) is 0. The van der Waals surface area contributed by atoms with E-state index < -0.39 is 30.1 Å². The second kappa shape index (κ2) is 7.64. The molecule has 0 saturated carbocycles. The van der Waals surface area contributed by atoms with Crippen molar-refractivity contribution in [3.63, 3.8) is 0 Å². The van der Waals surface area contributed by atoms with Gasteiger partial charge in [0.15, 0.2) is 0 Å². The van der Waals surface area contributed by atoms with Crippen molar-refractivity contribution in [3.05, 3.63) is 46.5 Å². The molecule has 158 valence electrons. The Hall–Kier alpha value is -2.65. The summed E-state index contributed by atoms with van der Waals surface area (Å²) in [5.74, 6) is -0.721. The maximum Gasteiger partial charge on any atom is 0.410 e. The van der Waals surface area contributed by atoms with Crippen LogP contribution in [0.25, 0.3) is 0 Å². The van der Waals surface area contributed by atoms with E-state index in [1.54, 1.807) is 20.8 Å². The number of rotatable bonds is 3. The van der Waals surface area contributed by atoms with Gasteiger partial charge in [0.05, 0.1) is 25.2 Å². The van der Waals surface area contributed by atoms with Crippen molar-refractivity contribution < 1.29 is 27.1 Å². The second-order valence-corrected chi connectivity index (χ2v) is 8.00. The number of fused-ring (bicyclic) bond motifs is 1. The van der Waals surface area contributed by atoms with Gasteiger partial charge < -0.3 is 9.64 Å². The first-order valence-corrected chi connectivity index (χ1v) is 9.14. The Kier molecular flexibility index (Phi) is 5.55. The van der Waals surface area contributed by atoms with Crippen LogP contribution in [0.1, 0.15) is 43.3 Å². The Bertz CT molecular complexity index is 903. The quantitative estimate of drug-likeness (QED) is 0.716. The van der Waals surface area contributed by atoms with Crippen LogP contribution in [-0.2, 0) is 30.7 Å². The molecule has 0 radical (unpaired) electrons. The van der Waals surface area contributed by atoms with Crippen LogP contribution in [0.5, 0.6) is 0 Å². The van der Waals surface area contributed by atoms with Crippen molar-refractivity contribution in [2.24, 2.45) is 0 Å². The zero-order valence-corrected chi connectivity index (χ0v) is 16.4. The number of nitrogens with zero attached hydrogens (tertiary/aromatic N) is 4. The van der Waals surface area contributed by atoms with Crippen LogP contribution < -0.4 is 0 Å². The first-order valence-electron chi connectivity index (χ1n) is 9.14. The van der Waals surface area contributed by atoms with Crippen LogP contribution >= 0.6 is 0 Å². The molecular formula is C19H22F4N4O2. The average Bonchev–Trinajstić information content (AvgIpc) is 2.96. The molecule has 10 heteroatoms. The van der Waals surface area contributed by atoms with E-state index in [1.165, 1.54) is 15.6 Å². The summed E-state index contributed by atoms with van der Waals surface area (Å²) in [5.41, 5.74) is 0.888. The monoisotopic (exact) mass is 414 g/mol. The third-order valence-corrected chi connectivity index (χ3v) is 4.41. The molecule has 2 aromatic rings. The minimum Gasteiger partial charge on any atom is -0.444 e. The maximum absolute atomic E-state index is 13.5. The Morgan fingerprint density at radius 1 is 1.21 bits per heavy atom. The molecule has 1 aromatic heterocycles. The van der Waals surface area contributed by atoms with Crippen molar-refractivity contribution in [3.8, 4) is 0 Å². The molecule has 0 fully saturated rings. The number of ether oxygens (including phenoxy) is 1. The Morgan fingerprint density at radius 3 is 2.59 bits per heavy atom. The molecule has 0 bridgehead atoms. The smallest absolute Gasteiger partial charge is 0.410 e. The van der Waals surface area contributed by atoms with Crippen LogP contribution in [-0.4, -0.2) is 44.3 Å². The maximum atomic E-state index is 13.5. The molecule has 1 aliphatic heterocycles. The van der Waals surface area contributed by atoms with Crippen molar-refractivity contribution in [1.29, 1.82) is 0 Å². The van der Waals surface area contributed by atoms with E-state index in [9.17, 15) is 22.4 Å². The van der Waals surface area contributed by atoms with E-state index in [2.05, 4.69) is 10.3 Å². The van der Waals surface area contributed by atoms with E-state index in [4.69, 9.17) is 4.74 Å². The lowest BCUT2D eigenvalue weighted by atomic mass is 10.0. The van der Waals surface area contributed by atoms with Gasteiger partial charge in [-0.15, -0.1) is 5.10 Å². The number of hydrogen-bond acceptors (Lipinski definition) is 4. The van der Waals surface area contributed by atoms with Gasteiger partial charge >= 0.3 is 12.3 Å². The summed E-state index contributed by atoms with van der Waals surface area (Å²) in [6, 6.07) is 3.36. The highest BCUT2D eigenvalue weighted by Gasteiger charge is 2.31. The molecule has 2 heterocycles. The van der Waals surface area contributed by atoms with Crippen LogP contribution in [0.2, 0.25) is 0 Å². The van der Waals surface area contributed by atoms with Gasteiger partial charge in [0.25, 0.3) is 0 Å². The van der Waals surface area contributed by atoms with Crippen molar-refractivity contribution >= 4 is 6.09 Å². The zero-order chi connectivity index (χ0) is 21.4. The lowest BCUT2D eigenvalue weighted by Gasteiger charge is -2.29. The number of alkyl halides is 3. The first kappa shape index (κ1) is 21.1. The number of benzene rings is 1. The minimum atomic E-state index is -4.45. The summed E-state index contributed by atoms with van der Waals surface area (Å²) in [4.78, 5) is 13.8. The van der Waals surface area contributed by atoms with E-state index in [0.717, 1.165) is 17.8 Å². The molecule has 0 unspecified atom stereocenters. The predicted molar refractivity (Wildman–Crippen MR) is 95.6 cm³/mol. The van der Waals surface area contributed by atoms with E-state index in [-0.39, 0.29) is 18.7 Å². The predicted octanol–water partition coefficient (Wildman–Crippen LogP) is 3.86. The largest absolute Gasteiger partial charge is 0.444 e. The lowest BCUT2D eigenvalue weighted by Crippen LogP contribution is -2.40. The summed E-state index contributed by atoms with van der Waals surface area (Å²) in [5, 5.41) is 8.11. The fraction of sp³-hybridized carbons (Fsp3) is 0.526. The Morgan fingerprint density at radius 2 is 1.93 bits per heavy atom. The van der Waals surface area contributed by atoms with Gasteiger partial charge in [-0.1, -0.05) is 11.3 Å². The fourth-order valence-corrected chi connectivity index (χ4v) is 3.17. The minimum absolute atomic E-state index is 0.0421. The van der Waals surface area contributed by atoms with Crippen molar-refractivity contribution in [2.75, 3.05) is 6.54 Å². The number of amides is 1.